The Labute approximate surface area is 174 Å². The van der Waals surface area contributed by atoms with Gasteiger partial charge in [0, 0.05) is 6.08 Å². The van der Waals surface area contributed by atoms with Crippen molar-refractivity contribution >= 4 is 57.4 Å². The van der Waals surface area contributed by atoms with Crippen molar-refractivity contribution in [2.24, 2.45) is 0 Å². The number of unbranched alkanes of at least 4 members (excludes halogenated alkanes) is 13. The third kappa shape index (κ3) is 23.2. The fourth-order valence-corrected chi connectivity index (χ4v) is 2.46. The first-order chi connectivity index (χ1) is 9.77. The van der Waals surface area contributed by atoms with Crippen molar-refractivity contribution in [3.05, 3.63) is 12.2 Å². The van der Waals surface area contributed by atoms with E-state index in [-0.39, 0.29) is 51.4 Å². The van der Waals surface area contributed by atoms with Crippen LogP contribution in [0.2, 0.25) is 0 Å². The monoisotopic (exact) mass is 322 g/mol. The molecule has 0 fully saturated rings. The summed E-state index contributed by atoms with van der Waals surface area (Å²) in [6.45, 7) is 2.27. The van der Waals surface area contributed by atoms with Gasteiger partial charge < -0.3 is 5.11 Å². The third-order valence-electron chi connectivity index (χ3n) is 3.73. The van der Waals surface area contributed by atoms with Crippen LogP contribution in [0.25, 0.3) is 0 Å². The first-order valence-corrected chi connectivity index (χ1v) is 8.67. The molecule has 0 aliphatic carbocycles. The van der Waals surface area contributed by atoms with Gasteiger partial charge in [0.15, 0.2) is 0 Å². The minimum absolute atomic E-state index is 0. The molecule has 0 radical (unpaired) electrons. The van der Waals surface area contributed by atoms with Crippen molar-refractivity contribution in [2.45, 2.75) is 96.8 Å². The van der Waals surface area contributed by atoms with Gasteiger partial charge in [-0.15, -0.1) is 0 Å². The number of carbonyl (C=O) groups is 1. The Hall–Kier alpha value is 0.846. The van der Waals surface area contributed by atoms with Crippen LogP contribution in [0.3, 0.4) is 0 Å². The molecule has 0 bridgehead atoms. The van der Waals surface area contributed by atoms with E-state index >= 15 is 0 Å². The van der Waals surface area contributed by atoms with Crippen molar-refractivity contribution in [1.82, 2.24) is 0 Å². The molecule has 0 aromatic heterocycles. The molecular formula is C18H35KO2. The Morgan fingerprint density at radius 2 is 1.14 bits per heavy atom. The van der Waals surface area contributed by atoms with E-state index < -0.39 is 5.97 Å². The molecule has 0 amide bonds. The molecule has 21 heavy (non-hydrogen) atoms. The molecule has 0 atom stereocenters. The van der Waals surface area contributed by atoms with Crippen LogP contribution in [0.5, 0.6) is 0 Å². The van der Waals surface area contributed by atoms with Gasteiger partial charge in [-0.3, -0.25) is 0 Å². The first kappa shape index (κ1) is 24.1. The molecule has 120 valence electrons. The summed E-state index contributed by atoms with van der Waals surface area (Å²) in [6.07, 6.45) is 21.6. The summed E-state index contributed by atoms with van der Waals surface area (Å²) < 4.78 is 0. The number of hydrogen-bond donors (Lipinski definition) is 1. The zero-order valence-corrected chi connectivity index (χ0v) is 13.4. The van der Waals surface area contributed by atoms with Crippen molar-refractivity contribution in [2.75, 3.05) is 0 Å². The summed E-state index contributed by atoms with van der Waals surface area (Å²) in [5, 5.41) is 8.43. The summed E-state index contributed by atoms with van der Waals surface area (Å²) in [5.41, 5.74) is 0. The number of rotatable bonds is 15. The van der Waals surface area contributed by atoms with E-state index in [0.717, 1.165) is 12.8 Å². The average molecular weight is 323 g/mol. The fourth-order valence-electron chi connectivity index (χ4n) is 2.46. The molecule has 0 unspecified atom stereocenters. The number of aliphatic carboxylic acids is 1. The molecule has 3 heteroatoms. The molecule has 0 heterocycles. The van der Waals surface area contributed by atoms with Crippen LogP contribution in [-0.4, -0.2) is 62.5 Å². The second-order valence-corrected chi connectivity index (χ2v) is 5.77. The van der Waals surface area contributed by atoms with E-state index in [0.29, 0.717) is 0 Å². The molecule has 1 N–H and O–H groups in total. The van der Waals surface area contributed by atoms with Gasteiger partial charge in [0.1, 0.15) is 0 Å². The van der Waals surface area contributed by atoms with Crippen molar-refractivity contribution < 1.29 is 9.90 Å². The fraction of sp³-hybridized carbons (Fsp3) is 0.833. The molecule has 0 spiro atoms. The summed E-state index contributed by atoms with van der Waals surface area (Å²) in [7, 11) is 0. The normalized spacial score (nSPS) is 10.7. The number of allylic oxidation sites excluding steroid dienone is 1. The van der Waals surface area contributed by atoms with Gasteiger partial charge in [-0.2, -0.15) is 0 Å². The van der Waals surface area contributed by atoms with E-state index in [9.17, 15) is 4.79 Å². The number of carboxylic acid groups (broad SMARTS) is 1. The molecular weight excluding hydrogens is 287 g/mol. The predicted molar refractivity (Wildman–Crippen MR) is 94.2 cm³/mol. The minimum atomic E-state index is -0.834. The Bertz CT molecular complexity index is 239. The Morgan fingerprint density at radius 1 is 0.762 bits per heavy atom. The quantitative estimate of drug-likeness (QED) is 0.247. The second kappa shape index (κ2) is 20.8. The van der Waals surface area contributed by atoms with Gasteiger partial charge >= 0.3 is 57.4 Å². The van der Waals surface area contributed by atoms with Crippen molar-refractivity contribution in [3.8, 4) is 0 Å². The van der Waals surface area contributed by atoms with Crippen LogP contribution in [0.15, 0.2) is 12.2 Å². The molecule has 2 nitrogen and oxygen atoms in total. The molecule has 0 aliphatic rings. The third-order valence-corrected chi connectivity index (χ3v) is 3.73. The molecule has 0 aromatic carbocycles. The van der Waals surface area contributed by atoms with Gasteiger partial charge in [-0.25, -0.2) is 4.79 Å². The maximum absolute atomic E-state index is 10.2. The number of hydrogen-bond acceptors (Lipinski definition) is 1. The van der Waals surface area contributed by atoms with Gasteiger partial charge in [-0.1, -0.05) is 90.0 Å². The van der Waals surface area contributed by atoms with Gasteiger partial charge in [0.2, 0.25) is 0 Å². The summed E-state index contributed by atoms with van der Waals surface area (Å²) in [4.78, 5) is 10.2. The van der Waals surface area contributed by atoms with Crippen LogP contribution in [0, 0.1) is 0 Å². The van der Waals surface area contributed by atoms with Crippen molar-refractivity contribution in [3.63, 3.8) is 0 Å². The van der Waals surface area contributed by atoms with Gasteiger partial charge in [0.25, 0.3) is 0 Å². The number of carboxylic acids is 1. The average Bonchev–Trinajstić information content (AvgIpc) is 2.43. The summed E-state index contributed by atoms with van der Waals surface area (Å²) in [6, 6.07) is 0. The Morgan fingerprint density at radius 3 is 1.52 bits per heavy atom. The van der Waals surface area contributed by atoms with E-state index in [2.05, 4.69) is 6.92 Å². The summed E-state index contributed by atoms with van der Waals surface area (Å²) >= 11 is 0. The van der Waals surface area contributed by atoms with Crippen LogP contribution in [-0.2, 0) is 4.79 Å². The molecule has 0 saturated heterocycles. The zero-order valence-electron chi connectivity index (χ0n) is 13.4. The van der Waals surface area contributed by atoms with Gasteiger partial charge in [0.05, 0.1) is 0 Å². The summed E-state index contributed by atoms with van der Waals surface area (Å²) in [5.74, 6) is -0.834. The first-order valence-electron chi connectivity index (χ1n) is 8.67. The topological polar surface area (TPSA) is 37.3 Å². The van der Waals surface area contributed by atoms with E-state index in [1.54, 1.807) is 6.08 Å². The second-order valence-electron chi connectivity index (χ2n) is 5.77. The molecule has 0 saturated carbocycles. The SMILES string of the molecule is CCCCCCCCCCCCCCCC=CC(=O)O.[KH]. The van der Waals surface area contributed by atoms with Crippen LogP contribution in [0.1, 0.15) is 96.8 Å². The van der Waals surface area contributed by atoms with Crippen LogP contribution >= 0.6 is 0 Å². The predicted octanol–water partition coefficient (Wildman–Crippen LogP) is 5.46. The maximum atomic E-state index is 10.2. The molecule has 0 aliphatic heterocycles. The van der Waals surface area contributed by atoms with Crippen LogP contribution in [0.4, 0.5) is 0 Å². The molecule has 0 rings (SSSR count). The Kier molecular flexibility index (Phi) is 23.9. The standard InChI is InChI=1S/C18H34O2.K.H/c1-2-3-4-5-6-7-8-9-10-11-12-13-14-15-16-17-18(19)20;;/h16-17H,2-15H2,1H3,(H,19,20);;. The zero-order chi connectivity index (χ0) is 14.9. The van der Waals surface area contributed by atoms with E-state index in [1.807, 2.05) is 0 Å². The Balaban J connectivity index is 0. The molecule has 0 aromatic rings. The van der Waals surface area contributed by atoms with Crippen molar-refractivity contribution in [1.29, 1.82) is 0 Å². The van der Waals surface area contributed by atoms with Gasteiger partial charge in [-0.05, 0) is 12.8 Å². The van der Waals surface area contributed by atoms with E-state index in [1.165, 1.54) is 83.1 Å². The van der Waals surface area contributed by atoms with E-state index in [4.69, 9.17) is 5.11 Å². The van der Waals surface area contributed by atoms with Crippen LogP contribution < -0.4 is 0 Å².